The Morgan fingerprint density at radius 3 is 1.22 bits per heavy atom. The number of para-hydroxylation sites is 2. The van der Waals surface area contributed by atoms with Gasteiger partial charge < -0.3 is 0 Å². The van der Waals surface area contributed by atoms with Crippen molar-refractivity contribution in [2.45, 2.75) is 0 Å². The first-order chi connectivity index (χ1) is 29.7. The molecule has 0 fully saturated rings. The van der Waals surface area contributed by atoms with Crippen molar-refractivity contribution in [1.82, 2.24) is 19.1 Å². The lowest BCUT2D eigenvalue weighted by Crippen LogP contribution is -2.21. The van der Waals surface area contributed by atoms with Gasteiger partial charge in [0.15, 0.2) is 5.82 Å². The van der Waals surface area contributed by atoms with Crippen LogP contribution in [0, 0.1) is 0 Å². The van der Waals surface area contributed by atoms with Crippen LogP contribution >= 0.6 is 0 Å². The van der Waals surface area contributed by atoms with Crippen molar-refractivity contribution in [3.8, 4) is 67.5 Å². The number of nitrogens with zero attached hydrogens (tertiary/aromatic N) is 4. The molecule has 11 aromatic rings. The summed E-state index contributed by atoms with van der Waals surface area (Å²) in [6.07, 6.45) is 0. The van der Waals surface area contributed by atoms with Gasteiger partial charge >= 0.3 is 5.69 Å². The molecule has 2 heterocycles. The fraction of sp³-hybridized carbons (Fsp3) is 0. The molecule has 0 unspecified atom stereocenters. The maximum atomic E-state index is 14.4. The van der Waals surface area contributed by atoms with Crippen LogP contribution in [0.4, 0.5) is 0 Å². The van der Waals surface area contributed by atoms with E-state index in [4.69, 9.17) is 9.97 Å². The van der Waals surface area contributed by atoms with E-state index in [1.165, 1.54) is 5.56 Å². The molecule has 11 rings (SSSR count). The van der Waals surface area contributed by atoms with E-state index in [9.17, 15) is 4.79 Å². The van der Waals surface area contributed by atoms with Gasteiger partial charge in [-0.15, -0.1) is 0 Å². The number of hydrogen-bond donors (Lipinski definition) is 0. The zero-order chi connectivity index (χ0) is 40.0. The lowest BCUT2D eigenvalue weighted by Gasteiger charge is -2.18. The summed E-state index contributed by atoms with van der Waals surface area (Å²) in [6.45, 7) is 0. The summed E-state index contributed by atoms with van der Waals surface area (Å²) in [5.74, 6) is 0.694. The molecular weight excluding hydrogens is 733 g/mol. The highest BCUT2D eigenvalue weighted by atomic mass is 16.1. The summed E-state index contributed by atoms with van der Waals surface area (Å²) in [7, 11) is 0. The van der Waals surface area contributed by atoms with Crippen molar-refractivity contribution < 1.29 is 0 Å². The molecule has 0 saturated heterocycles. The summed E-state index contributed by atoms with van der Waals surface area (Å²) in [4.78, 5) is 24.4. The van der Waals surface area contributed by atoms with Crippen LogP contribution in [0.15, 0.2) is 223 Å². The van der Waals surface area contributed by atoms with Crippen molar-refractivity contribution in [2.75, 3.05) is 0 Å². The van der Waals surface area contributed by atoms with Gasteiger partial charge in [-0.2, -0.15) is 0 Å². The Bertz CT molecular complexity index is 3300. The Balaban J connectivity index is 1.08. The first-order valence-corrected chi connectivity index (χ1v) is 20.1. The fourth-order valence-electron chi connectivity index (χ4n) is 8.63. The first kappa shape index (κ1) is 35.0. The van der Waals surface area contributed by atoms with Crippen molar-refractivity contribution in [1.29, 1.82) is 0 Å². The van der Waals surface area contributed by atoms with E-state index in [0.29, 0.717) is 5.82 Å². The third-order valence-electron chi connectivity index (χ3n) is 11.4. The highest BCUT2D eigenvalue weighted by Crippen LogP contribution is 2.44. The second-order valence-corrected chi connectivity index (χ2v) is 14.9. The summed E-state index contributed by atoms with van der Waals surface area (Å²) in [5.41, 5.74) is 12.5. The van der Waals surface area contributed by atoms with Crippen LogP contribution in [0.2, 0.25) is 0 Å². The molecule has 5 nitrogen and oxygen atoms in total. The summed E-state index contributed by atoms with van der Waals surface area (Å²) >= 11 is 0. The Morgan fingerprint density at radius 2 is 0.700 bits per heavy atom. The van der Waals surface area contributed by atoms with Gasteiger partial charge in [-0.1, -0.05) is 176 Å². The third kappa shape index (κ3) is 6.00. The van der Waals surface area contributed by atoms with E-state index in [0.717, 1.165) is 88.7 Å². The Hall–Kier alpha value is -8.15. The number of rotatable bonds is 7. The molecule has 0 N–H and O–H groups in total. The molecular formula is C55H36N4O. The van der Waals surface area contributed by atoms with Gasteiger partial charge in [0.2, 0.25) is 0 Å². The molecule has 0 aliphatic rings. The number of fused-ring (bicyclic) bond motifs is 3. The average molecular weight is 769 g/mol. The van der Waals surface area contributed by atoms with Crippen LogP contribution in [-0.4, -0.2) is 19.1 Å². The van der Waals surface area contributed by atoms with Crippen LogP contribution < -0.4 is 5.69 Å². The highest BCUT2D eigenvalue weighted by molar-refractivity contribution is 6.21. The molecule has 9 aromatic carbocycles. The standard InChI is InChI=1S/C55H36N4O/c60-55-58(42-21-9-3-10-22-42)50-34-33-41(35-51(50)59(55)43-23-11-4-12-24-43)53-46-27-15-13-25-44(46)52(45-26-14-16-28-47(45)53)39-31-29-38(30-32-39)49-36-48(37-17-5-1-6-18-37)56-54(57-49)40-19-7-2-8-20-40/h1-36H. The lowest BCUT2D eigenvalue weighted by atomic mass is 9.85. The van der Waals surface area contributed by atoms with Crippen molar-refractivity contribution >= 4 is 32.6 Å². The molecule has 0 amide bonds. The average Bonchev–Trinajstić information content (AvgIpc) is 3.62. The minimum Gasteiger partial charge on any atom is -0.260 e. The summed E-state index contributed by atoms with van der Waals surface area (Å²) < 4.78 is 3.64. The van der Waals surface area contributed by atoms with E-state index in [1.807, 2.05) is 106 Å². The number of imidazole rings is 1. The lowest BCUT2D eigenvalue weighted by molar-refractivity contribution is 0.931. The molecule has 282 valence electrons. The minimum atomic E-state index is -0.109. The molecule has 0 spiro atoms. The van der Waals surface area contributed by atoms with E-state index >= 15 is 0 Å². The molecule has 0 radical (unpaired) electrons. The van der Waals surface area contributed by atoms with Crippen LogP contribution in [0.3, 0.4) is 0 Å². The van der Waals surface area contributed by atoms with Gasteiger partial charge in [-0.05, 0) is 86.3 Å². The Kier molecular flexibility index (Phi) is 8.56. The molecule has 0 aliphatic heterocycles. The summed E-state index contributed by atoms with van der Waals surface area (Å²) in [6, 6.07) is 74.8. The van der Waals surface area contributed by atoms with Gasteiger partial charge in [0, 0.05) is 16.7 Å². The molecule has 2 aromatic heterocycles. The molecule has 0 bridgehead atoms. The molecule has 0 saturated carbocycles. The topological polar surface area (TPSA) is 52.7 Å². The van der Waals surface area contributed by atoms with Gasteiger partial charge in [-0.3, -0.25) is 9.13 Å². The van der Waals surface area contributed by atoms with Crippen molar-refractivity contribution in [3.05, 3.63) is 229 Å². The number of hydrogen-bond acceptors (Lipinski definition) is 3. The van der Waals surface area contributed by atoms with E-state index in [2.05, 4.69) is 121 Å². The molecule has 0 aliphatic carbocycles. The molecule has 60 heavy (non-hydrogen) atoms. The fourth-order valence-corrected chi connectivity index (χ4v) is 8.63. The van der Waals surface area contributed by atoms with Crippen LogP contribution in [0.1, 0.15) is 0 Å². The predicted octanol–water partition coefficient (Wildman–Crippen LogP) is 13.2. The van der Waals surface area contributed by atoms with Gasteiger partial charge in [0.1, 0.15) is 0 Å². The SMILES string of the molecule is O=c1n(-c2ccccc2)c2ccc(-c3c4ccccc4c(-c4ccc(-c5cc(-c6ccccc6)nc(-c6ccccc6)n5)cc4)c4ccccc34)cc2n1-c1ccccc1. The normalized spacial score (nSPS) is 11.4. The second kappa shape index (κ2) is 14.7. The van der Waals surface area contributed by atoms with Gasteiger partial charge in [-0.25, -0.2) is 14.8 Å². The van der Waals surface area contributed by atoms with E-state index in [1.54, 1.807) is 0 Å². The number of aromatic nitrogens is 4. The third-order valence-corrected chi connectivity index (χ3v) is 11.4. The Labute approximate surface area is 346 Å². The smallest absolute Gasteiger partial charge is 0.260 e. The quantitative estimate of drug-likeness (QED) is 0.152. The molecule has 0 atom stereocenters. The summed E-state index contributed by atoms with van der Waals surface area (Å²) in [5, 5.41) is 4.59. The number of benzene rings is 9. The maximum absolute atomic E-state index is 14.4. The first-order valence-electron chi connectivity index (χ1n) is 20.1. The second-order valence-electron chi connectivity index (χ2n) is 14.9. The zero-order valence-corrected chi connectivity index (χ0v) is 32.5. The highest BCUT2D eigenvalue weighted by Gasteiger charge is 2.21. The molecule has 5 heteroatoms. The largest absolute Gasteiger partial charge is 0.338 e. The van der Waals surface area contributed by atoms with Crippen molar-refractivity contribution in [2.24, 2.45) is 0 Å². The van der Waals surface area contributed by atoms with Gasteiger partial charge in [0.05, 0.1) is 33.8 Å². The van der Waals surface area contributed by atoms with Gasteiger partial charge in [0.25, 0.3) is 0 Å². The monoisotopic (exact) mass is 768 g/mol. The predicted molar refractivity (Wildman–Crippen MR) is 247 cm³/mol. The van der Waals surface area contributed by atoms with Crippen LogP contribution in [0.25, 0.3) is 100 Å². The Morgan fingerprint density at radius 1 is 0.317 bits per heavy atom. The minimum absolute atomic E-state index is 0.109. The van der Waals surface area contributed by atoms with E-state index in [-0.39, 0.29) is 5.69 Å². The maximum Gasteiger partial charge on any atom is 0.338 e. The van der Waals surface area contributed by atoms with E-state index < -0.39 is 0 Å². The van der Waals surface area contributed by atoms with Crippen molar-refractivity contribution in [3.63, 3.8) is 0 Å². The van der Waals surface area contributed by atoms with Crippen LogP contribution in [0.5, 0.6) is 0 Å². The van der Waals surface area contributed by atoms with Crippen LogP contribution in [-0.2, 0) is 0 Å². The zero-order valence-electron chi connectivity index (χ0n) is 32.5.